The van der Waals surface area contributed by atoms with Crippen LogP contribution < -0.4 is 9.47 Å². The van der Waals surface area contributed by atoms with E-state index in [0.717, 1.165) is 0 Å². The van der Waals surface area contributed by atoms with Gasteiger partial charge in [-0.05, 0) is 42.5 Å². The van der Waals surface area contributed by atoms with Gasteiger partial charge in [0.1, 0.15) is 23.5 Å². The summed E-state index contributed by atoms with van der Waals surface area (Å²) >= 11 is 6.02. The van der Waals surface area contributed by atoms with E-state index < -0.39 is 6.36 Å². The number of hydrogen-bond acceptors (Lipinski definition) is 4. The van der Waals surface area contributed by atoms with Crippen molar-refractivity contribution in [3.05, 3.63) is 53.8 Å². The number of aromatic nitrogens is 1. The van der Waals surface area contributed by atoms with E-state index in [-0.39, 0.29) is 5.75 Å². The van der Waals surface area contributed by atoms with Crippen LogP contribution in [-0.4, -0.2) is 18.5 Å². The standard InChI is InChI=1S/C17H11ClF3NO3/c1-23-14-7-11(6-12(18)8-14)16-22-15(9-24-16)10-2-4-13(5-3-10)25-17(19,20)21/h2-9H,1H3. The van der Waals surface area contributed by atoms with Gasteiger partial charge in [-0.2, -0.15) is 0 Å². The third-order valence-corrected chi connectivity index (χ3v) is 3.46. The van der Waals surface area contributed by atoms with Crippen LogP contribution >= 0.6 is 11.6 Å². The minimum atomic E-state index is -4.73. The van der Waals surface area contributed by atoms with E-state index in [2.05, 4.69) is 9.72 Å². The molecule has 0 bridgehead atoms. The highest BCUT2D eigenvalue weighted by Crippen LogP contribution is 2.31. The molecule has 0 atom stereocenters. The Hall–Kier alpha value is -2.67. The molecular weight excluding hydrogens is 359 g/mol. The second-order valence-electron chi connectivity index (χ2n) is 4.99. The minimum Gasteiger partial charge on any atom is -0.497 e. The zero-order valence-electron chi connectivity index (χ0n) is 12.8. The smallest absolute Gasteiger partial charge is 0.497 e. The maximum Gasteiger partial charge on any atom is 0.573 e. The molecule has 0 saturated heterocycles. The summed E-state index contributed by atoms with van der Waals surface area (Å²) in [5.41, 5.74) is 1.67. The normalized spacial score (nSPS) is 11.4. The second kappa shape index (κ2) is 6.68. The van der Waals surface area contributed by atoms with Gasteiger partial charge in [0.2, 0.25) is 5.89 Å². The Balaban J connectivity index is 1.85. The first-order valence-electron chi connectivity index (χ1n) is 7.01. The summed E-state index contributed by atoms with van der Waals surface area (Å²) < 4.78 is 50.9. The molecule has 0 saturated carbocycles. The number of ether oxygens (including phenoxy) is 2. The number of hydrogen-bond donors (Lipinski definition) is 0. The van der Waals surface area contributed by atoms with Crippen LogP contribution in [0.5, 0.6) is 11.5 Å². The van der Waals surface area contributed by atoms with Gasteiger partial charge in [0.15, 0.2) is 0 Å². The van der Waals surface area contributed by atoms with Crippen molar-refractivity contribution < 1.29 is 27.1 Å². The van der Waals surface area contributed by atoms with E-state index in [1.807, 2.05) is 0 Å². The number of oxazole rings is 1. The molecule has 0 radical (unpaired) electrons. The van der Waals surface area contributed by atoms with Gasteiger partial charge in [0.05, 0.1) is 7.11 Å². The van der Waals surface area contributed by atoms with Crippen molar-refractivity contribution in [3.63, 3.8) is 0 Å². The molecule has 0 unspecified atom stereocenters. The number of benzene rings is 2. The number of nitrogens with zero attached hydrogens (tertiary/aromatic N) is 1. The van der Waals surface area contributed by atoms with Crippen LogP contribution in [0.2, 0.25) is 5.02 Å². The highest BCUT2D eigenvalue weighted by Gasteiger charge is 2.31. The summed E-state index contributed by atoms with van der Waals surface area (Å²) in [6, 6.07) is 10.4. The summed E-state index contributed by atoms with van der Waals surface area (Å²) in [7, 11) is 1.51. The van der Waals surface area contributed by atoms with Gasteiger partial charge < -0.3 is 13.9 Å². The molecule has 3 aromatic rings. The fraction of sp³-hybridized carbons (Fsp3) is 0.118. The lowest BCUT2D eigenvalue weighted by Gasteiger charge is -2.08. The van der Waals surface area contributed by atoms with Gasteiger partial charge in [-0.25, -0.2) is 4.98 Å². The Labute approximate surface area is 145 Å². The van der Waals surface area contributed by atoms with Gasteiger partial charge in [0, 0.05) is 16.1 Å². The molecule has 8 heteroatoms. The summed E-state index contributed by atoms with van der Waals surface area (Å²) in [6.07, 6.45) is -3.32. The van der Waals surface area contributed by atoms with Crippen molar-refractivity contribution in [1.29, 1.82) is 0 Å². The van der Waals surface area contributed by atoms with Crippen LogP contribution in [0.3, 0.4) is 0 Å². The molecule has 4 nitrogen and oxygen atoms in total. The molecule has 0 fully saturated rings. The van der Waals surface area contributed by atoms with E-state index in [1.54, 1.807) is 18.2 Å². The van der Waals surface area contributed by atoms with Crippen molar-refractivity contribution in [2.45, 2.75) is 6.36 Å². The fourth-order valence-electron chi connectivity index (χ4n) is 2.17. The molecule has 2 aromatic carbocycles. The molecule has 0 spiro atoms. The molecule has 130 valence electrons. The Morgan fingerprint density at radius 1 is 1.00 bits per heavy atom. The van der Waals surface area contributed by atoms with E-state index in [0.29, 0.717) is 33.5 Å². The summed E-state index contributed by atoms with van der Waals surface area (Å²) in [4.78, 5) is 4.33. The number of rotatable bonds is 4. The van der Waals surface area contributed by atoms with Crippen molar-refractivity contribution in [2.24, 2.45) is 0 Å². The molecule has 3 rings (SSSR count). The molecular formula is C17H11ClF3NO3. The monoisotopic (exact) mass is 369 g/mol. The van der Waals surface area contributed by atoms with Gasteiger partial charge in [-0.3, -0.25) is 0 Å². The lowest BCUT2D eigenvalue weighted by molar-refractivity contribution is -0.274. The van der Waals surface area contributed by atoms with Crippen LogP contribution in [0, 0.1) is 0 Å². The summed E-state index contributed by atoms with van der Waals surface area (Å²) in [6.45, 7) is 0. The number of alkyl halides is 3. The lowest BCUT2D eigenvalue weighted by atomic mass is 10.1. The van der Waals surface area contributed by atoms with E-state index in [4.69, 9.17) is 20.8 Å². The van der Waals surface area contributed by atoms with Gasteiger partial charge in [0.25, 0.3) is 0 Å². The zero-order chi connectivity index (χ0) is 18.0. The maximum atomic E-state index is 12.2. The van der Waals surface area contributed by atoms with Gasteiger partial charge >= 0.3 is 6.36 Å². The van der Waals surface area contributed by atoms with E-state index in [1.165, 1.54) is 37.6 Å². The molecule has 1 heterocycles. The lowest BCUT2D eigenvalue weighted by Crippen LogP contribution is -2.16. The van der Waals surface area contributed by atoms with Crippen LogP contribution in [0.15, 0.2) is 53.1 Å². The molecule has 0 N–H and O–H groups in total. The largest absolute Gasteiger partial charge is 0.573 e. The van der Waals surface area contributed by atoms with Crippen LogP contribution in [0.1, 0.15) is 0 Å². The fourth-order valence-corrected chi connectivity index (χ4v) is 2.40. The van der Waals surface area contributed by atoms with Crippen molar-refractivity contribution in [3.8, 4) is 34.2 Å². The first kappa shape index (κ1) is 17.2. The number of halogens is 4. The van der Waals surface area contributed by atoms with Crippen LogP contribution in [0.4, 0.5) is 13.2 Å². The number of methoxy groups -OCH3 is 1. The van der Waals surface area contributed by atoms with Gasteiger partial charge in [-0.1, -0.05) is 11.6 Å². The second-order valence-corrected chi connectivity index (χ2v) is 5.43. The van der Waals surface area contributed by atoms with Crippen molar-refractivity contribution in [2.75, 3.05) is 7.11 Å². The van der Waals surface area contributed by atoms with Crippen LogP contribution in [0.25, 0.3) is 22.7 Å². The van der Waals surface area contributed by atoms with E-state index >= 15 is 0 Å². The first-order valence-corrected chi connectivity index (χ1v) is 7.38. The van der Waals surface area contributed by atoms with Crippen molar-refractivity contribution in [1.82, 2.24) is 4.98 Å². The maximum absolute atomic E-state index is 12.2. The molecule has 0 aliphatic carbocycles. The Morgan fingerprint density at radius 3 is 2.36 bits per heavy atom. The van der Waals surface area contributed by atoms with Crippen LogP contribution in [-0.2, 0) is 0 Å². The van der Waals surface area contributed by atoms with Gasteiger partial charge in [-0.15, -0.1) is 13.2 Å². The quantitative estimate of drug-likeness (QED) is 0.603. The highest BCUT2D eigenvalue weighted by atomic mass is 35.5. The highest BCUT2D eigenvalue weighted by molar-refractivity contribution is 6.31. The molecule has 1 aromatic heterocycles. The SMILES string of the molecule is COc1cc(Cl)cc(-c2nc(-c3ccc(OC(F)(F)F)cc3)co2)c1. The molecule has 0 aliphatic rings. The minimum absolute atomic E-state index is 0.306. The summed E-state index contributed by atoms with van der Waals surface area (Å²) in [5.74, 6) is 0.557. The average Bonchev–Trinajstić information content (AvgIpc) is 3.03. The Bertz CT molecular complexity index is 876. The Kier molecular flexibility index (Phi) is 4.59. The third kappa shape index (κ3) is 4.24. The average molecular weight is 370 g/mol. The third-order valence-electron chi connectivity index (χ3n) is 3.24. The predicted molar refractivity (Wildman–Crippen MR) is 85.6 cm³/mol. The zero-order valence-corrected chi connectivity index (χ0v) is 13.6. The molecule has 25 heavy (non-hydrogen) atoms. The topological polar surface area (TPSA) is 44.5 Å². The first-order chi connectivity index (χ1) is 11.8. The van der Waals surface area contributed by atoms with Crippen molar-refractivity contribution >= 4 is 11.6 Å². The predicted octanol–water partition coefficient (Wildman–Crippen LogP) is 5.57. The summed E-state index contributed by atoms with van der Waals surface area (Å²) in [5, 5.41) is 0.461. The molecule has 0 amide bonds. The van der Waals surface area contributed by atoms with E-state index in [9.17, 15) is 13.2 Å². The molecule has 0 aliphatic heterocycles. The Morgan fingerprint density at radius 2 is 1.72 bits per heavy atom.